The van der Waals surface area contributed by atoms with Gasteiger partial charge in [-0.2, -0.15) is 0 Å². The summed E-state index contributed by atoms with van der Waals surface area (Å²) in [6.45, 7) is 4.70. The summed E-state index contributed by atoms with van der Waals surface area (Å²) in [6, 6.07) is 0. The number of hydrogen-bond donors (Lipinski definition) is 0. The van der Waals surface area contributed by atoms with E-state index >= 15 is 0 Å². The molecule has 2 aliphatic rings. The first-order valence-electron chi connectivity index (χ1n) is 6.16. The van der Waals surface area contributed by atoms with Gasteiger partial charge < -0.3 is 0 Å². The molecule has 2 rings (SSSR count). The molecule has 2 aliphatic carbocycles. The van der Waals surface area contributed by atoms with E-state index in [1.807, 2.05) is 0 Å². The first-order valence-corrected chi connectivity index (χ1v) is 6.16. The maximum atomic E-state index is 2.42. The molecule has 0 N–H and O–H groups in total. The molecule has 0 spiro atoms. The lowest BCUT2D eigenvalue weighted by molar-refractivity contribution is 0.406. The van der Waals surface area contributed by atoms with Gasteiger partial charge in [0.2, 0.25) is 0 Å². The highest BCUT2D eigenvalue weighted by Crippen LogP contribution is 2.38. The third-order valence-electron chi connectivity index (χ3n) is 3.55. The highest BCUT2D eigenvalue weighted by Gasteiger charge is 2.22. The molecular formula is C14H22. The van der Waals surface area contributed by atoms with Crippen molar-refractivity contribution >= 4 is 0 Å². The van der Waals surface area contributed by atoms with Gasteiger partial charge in [0.05, 0.1) is 0 Å². The summed E-state index contributed by atoms with van der Waals surface area (Å²) in [5, 5.41) is 0. The van der Waals surface area contributed by atoms with E-state index in [2.05, 4.69) is 26.0 Å². The van der Waals surface area contributed by atoms with E-state index in [9.17, 15) is 0 Å². The van der Waals surface area contributed by atoms with Gasteiger partial charge in [0.25, 0.3) is 0 Å². The van der Waals surface area contributed by atoms with Gasteiger partial charge >= 0.3 is 0 Å². The molecule has 0 nitrogen and oxygen atoms in total. The van der Waals surface area contributed by atoms with E-state index in [0.29, 0.717) is 0 Å². The average Bonchev–Trinajstić information content (AvgIpc) is 2.18. The van der Waals surface area contributed by atoms with Crippen LogP contribution in [0.1, 0.15) is 52.4 Å². The Morgan fingerprint density at radius 1 is 1.36 bits per heavy atom. The average molecular weight is 190 g/mol. The van der Waals surface area contributed by atoms with Gasteiger partial charge in [0.15, 0.2) is 0 Å². The number of hydrogen-bond acceptors (Lipinski definition) is 0. The second-order valence-electron chi connectivity index (χ2n) is 5.22. The van der Waals surface area contributed by atoms with Crippen LogP contribution in [0.3, 0.4) is 0 Å². The van der Waals surface area contributed by atoms with Gasteiger partial charge in [-0.1, -0.05) is 31.6 Å². The lowest BCUT2D eigenvalue weighted by Gasteiger charge is -2.30. The lowest BCUT2D eigenvalue weighted by atomic mass is 9.76. The normalized spacial score (nSPS) is 26.9. The van der Waals surface area contributed by atoms with Gasteiger partial charge in [-0.3, -0.25) is 0 Å². The molecule has 0 saturated heterocycles. The van der Waals surface area contributed by atoms with Crippen LogP contribution in [0.4, 0.5) is 0 Å². The summed E-state index contributed by atoms with van der Waals surface area (Å²) < 4.78 is 0. The minimum atomic E-state index is 0.849. The minimum Gasteiger partial charge on any atom is -0.0839 e. The van der Waals surface area contributed by atoms with Crippen molar-refractivity contribution in [2.24, 2.45) is 11.8 Å². The fourth-order valence-corrected chi connectivity index (χ4v) is 2.96. The van der Waals surface area contributed by atoms with E-state index in [1.165, 1.54) is 38.5 Å². The standard InChI is InChI=1S/C14H22/c1-11(2)10-13-8-5-7-12-6-3-4-9-14(12)13/h4,9,11,13H,3,5-8,10H2,1-2H3. The largest absolute Gasteiger partial charge is 0.0839 e. The predicted molar refractivity (Wildman–Crippen MR) is 62.2 cm³/mol. The van der Waals surface area contributed by atoms with Crippen molar-refractivity contribution in [3.63, 3.8) is 0 Å². The van der Waals surface area contributed by atoms with E-state index in [4.69, 9.17) is 0 Å². The second kappa shape index (κ2) is 4.33. The van der Waals surface area contributed by atoms with Crippen molar-refractivity contribution in [3.8, 4) is 0 Å². The Kier molecular flexibility index (Phi) is 3.10. The fourth-order valence-electron chi connectivity index (χ4n) is 2.96. The van der Waals surface area contributed by atoms with Gasteiger partial charge in [-0.25, -0.2) is 0 Å². The van der Waals surface area contributed by atoms with Gasteiger partial charge in [0.1, 0.15) is 0 Å². The maximum absolute atomic E-state index is 2.42. The molecule has 0 aromatic rings. The van der Waals surface area contributed by atoms with Crippen molar-refractivity contribution in [3.05, 3.63) is 23.3 Å². The monoisotopic (exact) mass is 190 g/mol. The van der Waals surface area contributed by atoms with Crippen molar-refractivity contribution in [2.45, 2.75) is 52.4 Å². The topological polar surface area (TPSA) is 0 Å². The maximum Gasteiger partial charge on any atom is -0.0160 e. The van der Waals surface area contributed by atoms with Crippen molar-refractivity contribution < 1.29 is 0 Å². The molecule has 0 fully saturated rings. The lowest BCUT2D eigenvalue weighted by Crippen LogP contribution is -2.15. The Balaban J connectivity index is 2.13. The van der Waals surface area contributed by atoms with Crippen LogP contribution >= 0.6 is 0 Å². The Bertz CT molecular complexity index is 255. The smallest absolute Gasteiger partial charge is 0.0160 e. The van der Waals surface area contributed by atoms with Gasteiger partial charge in [-0.05, 0) is 55.9 Å². The third-order valence-corrected chi connectivity index (χ3v) is 3.55. The van der Waals surface area contributed by atoms with Crippen molar-refractivity contribution in [2.75, 3.05) is 0 Å². The van der Waals surface area contributed by atoms with E-state index in [1.54, 1.807) is 11.1 Å². The van der Waals surface area contributed by atoms with Crippen LogP contribution in [-0.4, -0.2) is 0 Å². The van der Waals surface area contributed by atoms with Crippen LogP contribution in [0.15, 0.2) is 23.3 Å². The zero-order chi connectivity index (χ0) is 9.97. The quantitative estimate of drug-likeness (QED) is 0.602. The SMILES string of the molecule is CC(C)CC1CCCC2=C1C=CCC2. The molecule has 78 valence electrons. The highest BCUT2D eigenvalue weighted by molar-refractivity contribution is 5.33. The minimum absolute atomic E-state index is 0.849. The first kappa shape index (κ1) is 10.0. The summed E-state index contributed by atoms with van der Waals surface area (Å²) in [4.78, 5) is 0. The Labute approximate surface area is 88.1 Å². The van der Waals surface area contributed by atoms with Crippen LogP contribution in [0.5, 0.6) is 0 Å². The summed E-state index contributed by atoms with van der Waals surface area (Å²) in [7, 11) is 0. The Morgan fingerprint density at radius 3 is 3.00 bits per heavy atom. The van der Waals surface area contributed by atoms with Crippen LogP contribution < -0.4 is 0 Å². The summed E-state index contributed by atoms with van der Waals surface area (Å²) in [5.41, 5.74) is 3.50. The predicted octanol–water partition coefficient (Wildman–Crippen LogP) is 4.48. The molecule has 0 aromatic carbocycles. The molecule has 0 aromatic heterocycles. The van der Waals surface area contributed by atoms with Crippen LogP contribution in [-0.2, 0) is 0 Å². The van der Waals surface area contributed by atoms with Crippen LogP contribution in [0.2, 0.25) is 0 Å². The first-order chi connectivity index (χ1) is 6.77. The molecule has 0 saturated carbocycles. The Hall–Kier alpha value is -0.520. The van der Waals surface area contributed by atoms with Crippen LogP contribution in [0, 0.1) is 11.8 Å². The fraction of sp³-hybridized carbons (Fsp3) is 0.714. The second-order valence-corrected chi connectivity index (χ2v) is 5.22. The zero-order valence-electron chi connectivity index (χ0n) is 9.55. The van der Waals surface area contributed by atoms with Crippen molar-refractivity contribution in [1.82, 2.24) is 0 Å². The molecule has 1 atom stereocenters. The molecular weight excluding hydrogens is 168 g/mol. The summed E-state index contributed by atoms with van der Waals surface area (Å²) in [6.07, 6.45) is 13.1. The van der Waals surface area contributed by atoms with E-state index in [-0.39, 0.29) is 0 Å². The van der Waals surface area contributed by atoms with E-state index < -0.39 is 0 Å². The summed E-state index contributed by atoms with van der Waals surface area (Å²) >= 11 is 0. The molecule has 0 heterocycles. The van der Waals surface area contributed by atoms with E-state index in [0.717, 1.165) is 11.8 Å². The molecule has 0 aliphatic heterocycles. The molecule has 0 radical (unpaired) electrons. The molecule has 0 amide bonds. The zero-order valence-corrected chi connectivity index (χ0v) is 9.55. The molecule has 1 unspecified atom stereocenters. The van der Waals surface area contributed by atoms with Gasteiger partial charge in [-0.15, -0.1) is 0 Å². The summed E-state index contributed by atoms with van der Waals surface area (Å²) in [5.74, 6) is 1.73. The molecule has 0 heteroatoms. The van der Waals surface area contributed by atoms with Gasteiger partial charge in [0, 0.05) is 0 Å². The van der Waals surface area contributed by atoms with Crippen LogP contribution in [0.25, 0.3) is 0 Å². The molecule has 0 bridgehead atoms. The molecule has 14 heavy (non-hydrogen) atoms. The Morgan fingerprint density at radius 2 is 2.21 bits per heavy atom. The highest BCUT2D eigenvalue weighted by atomic mass is 14.3. The third kappa shape index (κ3) is 2.10. The number of rotatable bonds is 2. The number of allylic oxidation sites excluding steroid dienone is 4. The van der Waals surface area contributed by atoms with Crippen molar-refractivity contribution in [1.29, 1.82) is 0 Å².